The molecule has 12 nitrogen and oxygen atoms in total. The molecule has 0 saturated carbocycles. The van der Waals surface area contributed by atoms with Gasteiger partial charge in [-0.15, -0.1) is 0 Å². The predicted molar refractivity (Wildman–Crippen MR) is 129 cm³/mol. The molecule has 0 spiro atoms. The van der Waals surface area contributed by atoms with Crippen LogP contribution in [-0.2, 0) is 49.4 Å². The number of nitrogens with one attached hydrogen (secondary N) is 2. The van der Waals surface area contributed by atoms with E-state index in [-0.39, 0.29) is 6.61 Å². The Kier molecular flexibility index (Phi) is 11.2. The molecule has 204 valence electrons. The molecule has 37 heavy (non-hydrogen) atoms. The van der Waals surface area contributed by atoms with Crippen LogP contribution in [0.2, 0.25) is 0 Å². The summed E-state index contributed by atoms with van der Waals surface area (Å²) in [5.41, 5.74) is 0.680. The lowest BCUT2D eigenvalue weighted by molar-refractivity contribution is -0.260. The average molecular weight is 584 g/mol. The Balaban J connectivity index is 2.39. The number of amides is 1. The van der Waals surface area contributed by atoms with Gasteiger partial charge < -0.3 is 33.7 Å². The van der Waals surface area contributed by atoms with Crippen LogP contribution in [0.25, 0.3) is 0 Å². The quantitative estimate of drug-likeness (QED) is 0.153. The van der Waals surface area contributed by atoms with Gasteiger partial charge in [0.25, 0.3) is 3.79 Å². The molecule has 1 saturated heterocycles. The van der Waals surface area contributed by atoms with E-state index in [4.69, 9.17) is 68.6 Å². The van der Waals surface area contributed by atoms with Crippen LogP contribution in [-0.4, -0.2) is 70.9 Å². The fourth-order valence-electron chi connectivity index (χ4n) is 3.24. The molecule has 0 bridgehead atoms. The zero-order valence-corrected chi connectivity index (χ0v) is 22.2. The lowest BCUT2D eigenvalue weighted by Gasteiger charge is -2.44. The Morgan fingerprint density at radius 1 is 0.919 bits per heavy atom. The smallest absolute Gasteiger partial charge is 0.408 e. The van der Waals surface area contributed by atoms with Gasteiger partial charge in [0.05, 0.1) is 0 Å². The number of ether oxygens (including phenoxy) is 6. The zero-order chi connectivity index (χ0) is 27.8. The fourth-order valence-corrected chi connectivity index (χ4v) is 3.37. The van der Waals surface area contributed by atoms with E-state index in [0.29, 0.717) is 5.56 Å². The molecule has 1 aliphatic rings. The Labute approximate surface area is 227 Å². The SMILES string of the molecule is CC(=O)OC[C@H]1OC(OC(=N)C(Cl)(Cl)Cl)C(NC(=O)OCc2ccccc2)[C@@H](OC(C)=O)C1OC(C)=O. The van der Waals surface area contributed by atoms with Gasteiger partial charge in [-0.05, 0) is 5.56 Å². The van der Waals surface area contributed by atoms with Crippen molar-refractivity contribution in [3.8, 4) is 0 Å². The summed E-state index contributed by atoms with van der Waals surface area (Å²) < 4.78 is 29.6. The predicted octanol–water partition coefficient (Wildman–Crippen LogP) is 2.80. The summed E-state index contributed by atoms with van der Waals surface area (Å²) in [6.07, 6.45) is -6.77. The second kappa shape index (κ2) is 13.7. The van der Waals surface area contributed by atoms with Crippen LogP contribution < -0.4 is 5.32 Å². The third-order valence-corrected chi connectivity index (χ3v) is 5.20. The molecule has 0 aromatic heterocycles. The molecule has 1 aromatic carbocycles. The molecule has 1 fully saturated rings. The molecule has 2 rings (SSSR count). The van der Waals surface area contributed by atoms with Crippen molar-refractivity contribution in [1.29, 1.82) is 5.41 Å². The molecular formula is C22H25Cl3N2O10. The first-order valence-electron chi connectivity index (χ1n) is 10.7. The standard InChI is InChI=1S/C22H25Cl3N2O10/c1-11(28)32-10-15-17(34-12(2)29)18(35-13(3)30)16(19(36-15)37-20(26)22(23,24)25)27-21(31)33-9-14-7-5-4-6-8-14/h4-8,15-19,26H,9-10H2,1-3H3,(H,27,31)/t15-,16?,17?,18-,19?/m1/s1. The number of alkyl halides is 3. The number of esters is 3. The van der Waals surface area contributed by atoms with Crippen LogP contribution in [0.5, 0.6) is 0 Å². The summed E-state index contributed by atoms with van der Waals surface area (Å²) in [4.78, 5) is 47.9. The second-order valence-electron chi connectivity index (χ2n) is 7.67. The third-order valence-electron chi connectivity index (χ3n) is 4.69. The minimum absolute atomic E-state index is 0.115. The lowest BCUT2D eigenvalue weighted by Crippen LogP contribution is -2.67. The highest BCUT2D eigenvalue weighted by atomic mass is 35.6. The molecule has 1 amide bonds. The number of alkyl carbamates (subject to hydrolysis) is 1. The highest BCUT2D eigenvalue weighted by Gasteiger charge is 2.53. The van der Waals surface area contributed by atoms with Gasteiger partial charge in [0.2, 0.25) is 12.2 Å². The summed E-state index contributed by atoms with van der Waals surface area (Å²) in [6, 6.07) is 7.29. The van der Waals surface area contributed by atoms with E-state index < -0.39 is 70.9 Å². The normalized spacial score (nSPS) is 23.2. The van der Waals surface area contributed by atoms with E-state index in [9.17, 15) is 19.2 Å². The second-order valence-corrected chi connectivity index (χ2v) is 9.95. The summed E-state index contributed by atoms with van der Waals surface area (Å²) >= 11 is 17.2. The highest BCUT2D eigenvalue weighted by Crippen LogP contribution is 2.32. The maximum Gasteiger partial charge on any atom is 0.408 e. The first kappa shape index (κ1) is 30.4. The minimum Gasteiger partial charge on any atom is -0.463 e. The Bertz CT molecular complexity index is 989. The Morgan fingerprint density at radius 2 is 1.51 bits per heavy atom. The molecule has 0 aliphatic carbocycles. The topological polar surface area (TPSA) is 160 Å². The number of hydrogen-bond donors (Lipinski definition) is 2. The number of rotatable bonds is 8. The van der Waals surface area contributed by atoms with E-state index >= 15 is 0 Å². The van der Waals surface area contributed by atoms with Gasteiger partial charge in [-0.2, -0.15) is 0 Å². The summed E-state index contributed by atoms with van der Waals surface area (Å²) in [5, 5.41) is 10.4. The van der Waals surface area contributed by atoms with Crippen LogP contribution in [0.1, 0.15) is 26.3 Å². The lowest BCUT2D eigenvalue weighted by atomic mass is 9.96. The van der Waals surface area contributed by atoms with Crippen molar-refractivity contribution in [3.05, 3.63) is 35.9 Å². The van der Waals surface area contributed by atoms with Crippen LogP contribution in [0.15, 0.2) is 30.3 Å². The van der Waals surface area contributed by atoms with Gasteiger partial charge in [0.1, 0.15) is 25.4 Å². The van der Waals surface area contributed by atoms with Gasteiger partial charge in [0, 0.05) is 20.8 Å². The van der Waals surface area contributed by atoms with Crippen LogP contribution >= 0.6 is 34.8 Å². The number of halogens is 3. The average Bonchev–Trinajstić information content (AvgIpc) is 2.79. The van der Waals surface area contributed by atoms with Crippen molar-refractivity contribution in [3.63, 3.8) is 0 Å². The number of benzene rings is 1. The van der Waals surface area contributed by atoms with E-state index in [2.05, 4.69) is 5.32 Å². The van der Waals surface area contributed by atoms with Crippen LogP contribution in [0, 0.1) is 5.41 Å². The van der Waals surface area contributed by atoms with Crippen molar-refractivity contribution < 1.29 is 47.6 Å². The Hall–Kier alpha value is -2.80. The van der Waals surface area contributed by atoms with Crippen molar-refractivity contribution in [2.24, 2.45) is 0 Å². The van der Waals surface area contributed by atoms with E-state index in [1.165, 1.54) is 0 Å². The molecule has 15 heteroatoms. The molecule has 0 radical (unpaired) electrons. The number of carbonyl (C=O) groups excluding carboxylic acids is 4. The molecular weight excluding hydrogens is 559 g/mol. The highest BCUT2D eigenvalue weighted by molar-refractivity contribution is 6.76. The number of hydrogen-bond acceptors (Lipinski definition) is 11. The monoisotopic (exact) mass is 582 g/mol. The molecule has 2 N–H and O–H groups in total. The molecule has 5 atom stereocenters. The molecule has 3 unspecified atom stereocenters. The summed E-state index contributed by atoms with van der Waals surface area (Å²) in [5.74, 6) is -3.21. The van der Waals surface area contributed by atoms with Crippen LogP contribution in [0.3, 0.4) is 0 Å². The largest absolute Gasteiger partial charge is 0.463 e. The first-order chi connectivity index (χ1) is 17.3. The maximum atomic E-state index is 12.7. The van der Waals surface area contributed by atoms with Crippen molar-refractivity contribution in [1.82, 2.24) is 5.32 Å². The summed E-state index contributed by atoms with van der Waals surface area (Å²) in [7, 11) is 0. The Morgan fingerprint density at radius 3 is 2.05 bits per heavy atom. The molecule has 1 heterocycles. The van der Waals surface area contributed by atoms with E-state index in [1.807, 2.05) is 0 Å². The summed E-state index contributed by atoms with van der Waals surface area (Å²) in [6.45, 7) is 2.71. The third kappa shape index (κ3) is 9.88. The van der Waals surface area contributed by atoms with Gasteiger partial charge in [-0.25, -0.2) is 4.79 Å². The first-order valence-corrected chi connectivity index (χ1v) is 11.8. The van der Waals surface area contributed by atoms with Crippen LogP contribution in [0.4, 0.5) is 4.79 Å². The van der Waals surface area contributed by atoms with Gasteiger partial charge in [0.15, 0.2) is 12.2 Å². The number of carbonyl (C=O) groups is 4. The zero-order valence-electron chi connectivity index (χ0n) is 19.9. The van der Waals surface area contributed by atoms with Gasteiger partial charge >= 0.3 is 24.0 Å². The van der Waals surface area contributed by atoms with Crippen molar-refractivity contribution >= 4 is 64.7 Å². The minimum atomic E-state index is -2.32. The van der Waals surface area contributed by atoms with Crippen molar-refractivity contribution in [2.75, 3.05) is 6.61 Å². The van der Waals surface area contributed by atoms with Gasteiger partial charge in [-0.1, -0.05) is 65.1 Å². The van der Waals surface area contributed by atoms with E-state index in [1.54, 1.807) is 30.3 Å². The maximum absolute atomic E-state index is 12.7. The molecule has 1 aromatic rings. The molecule has 1 aliphatic heterocycles. The fraction of sp³-hybridized carbons (Fsp3) is 0.500. The van der Waals surface area contributed by atoms with Crippen molar-refractivity contribution in [2.45, 2.75) is 61.8 Å². The van der Waals surface area contributed by atoms with Gasteiger partial charge in [-0.3, -0.25) is 19.8 Å². The van der Waals surface area contributed by atoms with E-state index in [0.717, 1.165) is 20.8 Å².